The molecule has 0 atom stereocenters. The lowest BCUT2D eigenvalue weighted by Gasteiger charge is -2.36. The van der Waals surface area contributed by atoms with Gasteiger partial charge in [-0.15, -0.1) is 0 Å². The zero-order valence-corrected chi connectivity index (χ0v) is 36.3. The van der Waals surface area contributed by atoms with Crippen LogP contribution < -0.4 is 9.47 Å². The topological polar surface area (TPSA) is 18.5 Å². The Morgan fingerprint density at radius 1 is 0.333 bits per heavy atom. The summed E-state index contributed by atoms with van der Waals surface area (Å²) in [4.78, 5) is 0. The van der Waals surface area contributed by atoms with E-state index in [9.17, 15) is 0 Å². The molecule has 2 heteroatoms. The molecule has 0 unspecified atom stereocenters. The van der Waals surface area contributed by atoms with Crippen molar-refractivity contribution in [3.8, 4) is 67.5 Å². The van der Waals surface area contributed by atoms with Gasteiger partial charge in [0, 0.05) is 38.5 Å². The van der Waals surface area contributed by atoms with E-state index in [4.69, 9.17) is 9.47 Å². The SMILES string of the molecule is CC1(C)c2ccccc2Oc2cccc(-c3cccc4c(-c5cccc6c5C5(CCCC5)c5ccccc5-6)c5cccc(-c6cccc7c6C(C)(C)c6ccccc6O7)c5cc34)c21. The summed E-state index contributed by atoms with van der Waals surface area (Å²) in [6, 6.07) is 63.3. The van der Waals surface area contributed by atoms with E-state index >= 15 is 0 Å². The van der Waals surface area contributed by atoms with Crippen LogP contribution in [-0.4, -0.2) is 0 Å². The second kappa shape index (κ2) is 13.1. The van der Waals surface area contributed by atoms with Gasteiger partial charge in [-0.2, -0.15) is 0 Å². The Kier molecular flexibility index (Phi) is 7.62. The Balaban J connectivity index is 1.15. The number of hydrogen-bond acceptors (Lipinski definition) is 2. The summed E-state index contributed by atoms with van der Waals surface area (Å²) < 4.78 is 13.5. The van der Waals surface area contributed by atoms with Crippen molar-refractivity contribution in [2.45, 2.75) is 69.6 Å². The standard InChI is InChI=1S/C61H48O2/c1-59(2)49-28-7-9-30-51(49)62-53-32-16-24-42(57(53)59)37-19-13-21-40-46(37)36-47-38(43-25-17-33-54-58(43)60(3,4)50-29-8-10-31-52(50)63-54)20-14-22-41(47)55(40)45-26-15-23-44-39-18-5-6-27-48(39)61(56(44)45)34-11-12-35-61/h5-10,13-33,36H,11-12,34-35H2,1-4H3. The molecule has 1 fully saturated rings. The highest BCUT2D eigenvalue weighted by Crippen LogP contribution is 2.61. The van der Waals surface area contributed by atoms with Crippen LogP contribution in [0.1, 0.15) is 86.8 Å². The van der Waals surface area contributed by atoms with Gasteiger partial charge in [0.05, 0.1) is 0 Å². The molecule has 1 saturated carbocycles. The molecule has 0 radical (unpaired) electrons. The van der Waals surface area contributed by atoms with Crippen LogP contribution in [0.15, 0.2) is 170 Å². The van der Waals surface area contributed by atoms with E-state index in [-0.39, 0.29) is 16.2 Å². The van der Waals surface area contributed by atoms with Gasteiger partial charge in [0.25, 0.3) is 0 Å². The van der Waals surface area contributed by atoms with Gasteiger partial charge >= 0.3 is 0 Å². The van der Waals surface area contributed by atoms with Crippen LogP contribution in [0.5, 0.6) is 23.0 Å². The van der Waals surface area contributed by atoms with Crippen molar-refractivity contribution in [3.63, 3.8) is 0 Å². The molecule has 2 aliphatic heterocycles. The molecule has 2 aliphatic carbocycles. The molecule has 9 aromatic carbocycles. The molecule has 2 heterocycles. The fourth-order valence-corrected chi connectivity index (χ4v) is 12.8. The van der Waals surface area contributed by atoms with Crippen molar-refractivity contribution in [2.75, 3.05) is 0 Å². The lowest BCUT2D eigenvalue weighted by Crippen LogP contribution is -2.25. The molecule has 0 amide bonds. The summed E-state index contributed by atoms with van der Waals surface area (Å²) in [5, 5.41) is 5.04. The van der Waals surface area contributed by atoms with Gasteiger partial charge in [-0.05, 0) is 120 Å². The van der Waals surface area contributed by atoms with E-state index < -0.39 is 0 Å². The first kappa shape index (κ1) is 36.7. The number of benzene rings is 9. The van der Waals surface area contributed by atoms with Crippen LogP contribution >= 0.6 is 0 Å². The first-order valence-corrected chi connectivity index (χ1v) is 22.8. The average molecular weight is 813 g/mol. The highest BCUT2D eigenvalue weighted by atomic mass is 16.5. The second-order valence-corrected chi connectivity index (χ2v) is 19.4. The fraction of sp³-hybridized carbons (Fsp3) is 0.180. The predicted molar refractivity (Wildman–Crippen MR) is 260 cm³/mol. The molecule has 2 nitrogen and oxygen atoms in total. The van der Waals surface area contributed by atoms with E-state index in [1.54, 1.807) is 0 Å². The third-order valence-corrected chi connectivity index (χ3v) is 15.5. The first-order valence-electron chi connectivity index (χ1n) is 22.8. The van der Waals surface area contributed by atoms with Crippen molar-refractivity contribution in [1.82, 2.24) is 0 Å². The maximum Gasteiger partial charge on any atom is 0.132 e. The van der Waals surface area contributed by atoms with Crippen LogP contribution in [0.2, 0.25) is 0 Å². The number of rotatable bonds is 3. The van der Waals surface area contributed by atoms with Crippen LogP contribution in [-0.2, 0) is 16.2 Å². The number of fused-ring (bicyclic) bond motifs is 11. The molecular weight excluding hydrogens is 765 g/mol. The predicted octanol–water partition coefficient (Wildman–Crippen LogP) is 16.7. The lowest BCUT2D eigenvalue weighted by atomic mass is 9.71. The van der Waals surface area contributed by atoms with E-state index in [2.05, 4.69) is 198 Å². The van der Waals surface area contributed by atoms with Gasteiger partial charge in [0.2, 0.25) is 0 Å². The van der Waals surface area contributed by atoms with Crippen LogP contribution in [0.4, 0.5) is 0 Å². The molecule has 9 aromatic rings. The molecule has 13 rings (SSSR count). The summed E-state index contributed by atoms with van der Waals surface area (Å²) in [6.07, 6.45) is 4.83. The van der Waals surface area contributed by atoms with Crippen LogP contribution in [0, 0.1) is 0 Å². The molecule has 0 N–H and O–H groups in total. The molecule has 4 aliphatic rings. The summed E-state index contributed by atoms with van der Waals surface area (Å²) in [5.74, 6) is 3.72. The van der Waals surface area contributed by atoms with Crippen molar-refractivity contribution < 1.29 is 9.47 Å². The Morgan fingerprint density at radius 3 is 1.29 bits per heavy atom. The minimum absolute atomic E-state index is 0.00720. The zero-order chi connectivity index (χ0) is 42.2. The van der Waals surface area contributed by atoms with Gasteiger partial charge in [-0.1, -0.05) is 180 Å². The van der Waals surface area contributed by atoms with E-state index in [1.165, 1.54) is 125 Å². The largest absolute Gasteiger partial charge is 0.457 e. The van der Waals surface area contributed by atoms with Crippen molar-refractivity contribution in [3.05, 3.63) is 203 Å². The third-order valence-electron chi connectivity index (χ3n) is 15.5. The molecule has 0 bridgehead atoms. The second-order valence-electron chi connectivity index (χ2n) is 19.4. The average Bonchev–Trinajstić information content (AvgIpc) is 3.91. The van der Waals surface area contributed by atoms with Crippen molar-refractivity contribution in [1.29, 1.82) is 0 Å². The smallest absolute Gasteiger partial charge is 0.132 e. The van der Waals surface area contributed by atoms with Crippen LogP contribution in [0.3, 0.4) is 0 Å². The molecule has 1 spiro atoms. The van der Waals surface area contributed by atoms with Gasteiger partial charge < -0.3 is 9.47 Å². The number of para-hydroxylation sites is 2. The highest BCUT2D eigenvalue weighted by molar-refractivity contribution is 6.20. The molecule has 63 heavy (non-hydrogen) atoms. The summed E-state index contributed by atoms with van der Waals surface area (Å²) in [5.41, 5.74) is 17.6. The van der Waals surface area contributed by atoms with E-state index in [0.29, 0.717) is 0 Å². The molecule has 304 valence electrons. The Labute approximate surface area is 369 Å². The number of ether oxygens (including phenoxy) is 2. The quantitative estimate of drug-likeness (QED) is 0.165. The Hall–Kier alpha value is -6.90. The molecular formula is C61H48O2. The maximum atomic E-state index is 6.75. The first-order chi connectivity index (χ1) is 30.8. The van der Waals surface area contributed by atoms with Gasteiger partial charge in [-0.25, -0.2) is 0 Å². The number of hydrogen-bond donors (Lipinski definition) is 0. The molecule has 0 saturated heterocycles. The van der Waals surface area contributed by atoms with Gasteiger partial charge in [-0.3, -0.25) is 0 Å². The van der Waals surface area contributed by atoms with Gasteiger partial charge in [0.15, 0.2) is 0 Å². The molecule has 0 aromatic heterocycles. The fourth-order valence-electron chi connectivity index (χ4n) is 12.8. The summed E-state index contributed by atoms with van der Waals surface area (Å²) >= 11 is 0. The van der Waals surface area contributed by atoms with Crippen molar-refractivity contribution >= 4 is 21.5 Å². The van der Waals surface area contributed by atoms with Crippen LogP contribution in [0.25, 0.3) is 66.1 Å². The summed E-state index contributed by atoms with van der Waals surface area (Å²) in [6.45, 7) is 9.42. The van der Waals surface area contributed by atoms with Crippen molar-refractivity contribution in [2.24, 2.45) is 0 Å². The minimum Gasteiger partial charge on any atom is -0.457 e. The monoisotopic (exact) mass is 812 g/mol. The Morgan fingerprint density at radius 2 is 0.730 bits per heavy atom. The summed E-state index contributed by atoms with van der Waals surface area (Å²) in [7, 11) is 0. The zero-order valence-electron chi connectivity index (χ0n) is 36.3. The third kappa shape index (κ3) is 4.95. The Bertz CT molecular complexity index is 3240. The maximum absolute atomic E-state index is 6.75. The van der Waals surface area contributed by atoms with E-state index in [0.717, 1.165) is 23.0 Å². The normalized spacial score (nSPS) is 16.6. The lowest BCUT2D eigenvalue weighted by molar-refractivity contribution is 0.418. The highest BCUT2D eigenvalue weighted by Gasteiger charge is 2.47. The van der Waals surface area contributed by atoms with Gasteiger partial charge in [0.1, 0.15) is 23.0 Å². The minimum atomic E-state index is -0.292. The van der Waals surface area contributed by atoms with E-state index in [1.807, 2.05) is 0 Å².